The van der Waals surface area contributed by atoms with Gasteiger partial charge in [-0.2, -0.15) is 0 Å². The summed E-state index contributed by atoms with van der Waals surface area (Å²) in [5.74, 6) is 0. The highest BCUT2D eigenvalue weighted by Gasteiger charge is 2.27. The molecule has 0 bridgehead atoms. The summed E-state index contributed by atoms with van der Waals surface area (Å²) in [6.45, 7) is 8.13. The number of nitro groups is 2. The monoisotopic (exact) mass is 295 g/mol. The molecule has 7 nitrogen and oxygen atoms in total. The van der Waals surface area contributed by atoms with Gasteiger partial charge in [-0.05, 0) is 24.3 Å². The topological polar surface area (TPSA) is 98.3 Å². The molecule has 1 aromatic carbocycles. The van der Waals surface area contributed by atoms with Gasteiger partial charge in [-0.3, -0.25) is 20.2 Å². The minimum Gasteiger partial charge on any atom is -0.371 e. The van der Waals surface area contributed by atoms with Crippen LogP contribution in [0.2, 0.25) is 0 Å². The first-order valence-electron chi connectivity index (χ1n) is 6.84. The van der Waals surface area contributed by atoms with Crippen molar-refractivity contribution in [3.8, 4) is 0 Å². The molecule has 0 radical (unpaired) electrons. The molecule has 1 atom stereocenters. The van der Waals surface area contributed by atoms with Crippen molar-refractivity contribution in [3.05, 3.63) is 38.4 Å². The standard InChI is InChI=1S/C14H21N3O4/c1-5-10(9-14(2,3)4)15-13-11(16(18)19)7-6-8-12(13)17(20)21/h6-8,10,15H,5,9H2,1-4H3. The van der Waals surface area contributed by atoms with E-state index in [4.69, 9.17) is 0 Å². The highest BCUT2D eigenvalue weighted by Crippen LogP contribution is 2.36. The van der Waals surface area contributed by atoms with Gasteiger partial charge in [0.1, 0.15) is 0 Å². The first kappa shape index (κ1) is 16.9. The SMILES string of the molecule is CCC(CC(C)(C)C)Nc1c([N+](=O)[O-])cccc1[N+](=O)[O-]. The molecule has 21 heavy (non-hydrogen) atoms. The molecule has 0 fully saturated rings. The van der Waals surface area contributed by atoms with E-state index in [-0.39, 0.29) is 28.5 Å². The number of nitrogens with one attached hydrogen (secondary N) is 1. The van der Waals surface area contributed by atoms with Gasteiger partial charge in [-0.25, -0.2) is 0 Å². The van der Waals surface area contributed by atoms with Gasteiger partial charge in [0, 0.05) is 18.2 Å². The summed E-state index contributed by atoms with van der Waals surface area (Å²) in [6.07, 6.45) is 1.48. The van der Waals surface area contributed by atoms with E-state index in [1.54, 1.807) is 0 Å². The molecule has 0 aliphatic rings. The maximum Gasteiger partial charge on any atom is 0.299 e. The average Bonchev–Trinajstić information content (AvgIpc) is 2.35. The van der Waals surface area contributed by atoms with Crippen LogP contribution < -0.4 is 5.32 Å². The van der Waals surface area contributed by atoms with Gasteiger partial charge in [0.15, 0.2) is 5.69 Å². The fraction of sp³-hybridized carbons (Fsp3) is 0.571. The lowest BCUT2D eigenvalue weighted by molar-refractivity contribution is -0.392. The molecular weight excluding hydrogens is 274 g/mol. The van der Waals surface area contributed by atoms with Crippen LogP contribution in [0.5, 0.6) is 0 Å². The number of anilines is 1. The van der Waals surface area contributed by atoms with Crippen LogP contribution >= 0.6 is 0 Å². The first-order chi connectivity index (χ1) is 9.65. The largest absolute Gasteiger partial charge is 0.371 e. The fourth-order valence-electron chi connectivity index (χ4n) is 2.22. The van der Waals surface area contributed by atoms with Crippen LogP contribution in [0.3, 0.4) is 0 Å². The van der Waals surface area contributed by atoms with Crippen LogP contribution in [0.4, 0.5) is 17.1 Å². The number of benzene rings is 1. The number of rotatable bonds is 6. The summed E-state index contributed by atoms with van der Waals surface area (Å²) in [6, 6.07) is 3.81. The number of nitro benzene ring substituents is 2. The molecule has 0 aromatic heterocycles. The van der Waals surface area contributed by atoms with Gasteiger partial charge in [0.25, 0.3) is 11.4 Å². The molecule has 0 spiro atoms. The van der Waals surface area contributed by atoms with Gasteiger partial charge >= 0.3 is 0 Å². The van der Waals surface area contributed by atoms with Gasteiger partial charge in [0.05, 0.1) is 9.85 Å². The number of nitrogens with zero attached hydrogens (tertiary/aromatic N) is 2. The molecule has 116 valence electrons. The van der Waals surface area contributed by atoms with E-state index in [0.29, 0.717) is 0 Å². The van der Waals surface area contributed by atoms with Crippen molar-refractivity contribution < 1.29 is 9.85 Å². The van der Waals surface area contributed by atoms with Crippen molar-refractivity contribution >= 4 is 17.1 Å². The Morgan fingerprint density at radius 2 is 1.62 bits per heavy atom. The second-order valence-electron chi connectivity index (χ2n) is 6.20. The van der Waals surface area contributed by atoms with Crippen LogP contribution in [-0.4, -0.2) is 15.9 Å². The molecule has 7 heteroatoms. The number of hydrogen-bond donors (Lipinski definition) is 1. The molecule has 1 aromatic rings. The third kappa shape index (κ3) is 4.70. The van der Waals surface area contributed by atoms with Crippen molar-refractivity contribution in [2.45, 2.75) is 46.6 Å². The van der Waals surface area contributed by atoms with Crippen LogP contribution in [0, 0.1) is 25.6 Å². The lowest BCUT2D eigenvalue weighted by Crippen LogP contribution is -2.25. The molecule has 0 saturated heterocycles. The zero-order chi connectivity index (χ0) is 16.2. The van der Waals surface area contributed by atoms with Gasteiger partial charge in [-0.15, -0.1) is 0 Å². The Labute approximate surface area is 123 Å². The van der Waals surface area contributed by atoms with E-state index in [1.807, 2.05) is 6.92 Å². The molecule has 0 aliphatic heterocycles. The molecule has 1 unspecified atom stereocenters. The summed E-state index contributed by atoms with van der Waals surface area (Å²) in [7, 11) is 0. The highest BCUT2D eigenvalue weighted by atomic mass is 16.6. The average molecular weight is 295 g/mol. The van der Waals surface area contributed by atoms with Crippen LogP contribution in [0.25, 0.3) is 0 Å². The Kier molecular flexibility index (Phi) is 5.23. The smallest absolute Gasteiger partial charge is 0.299 e. The van der Waals surface area contributed by atoms with E-state index in [1.165, 1.54) is 18.2 Å². The highest BCUT2D eigenvalue weighted by molar-refractivity contribution is 5.73. The van der Waals surface area contributed by atoms with E-state index >= 15 is 0 Å². The molecular formula is C14H21N3O4. The summed E-state index contributed by atoms with van der Waals surface area (Å²) in [5.41, 5.74) is -0.525. The third-order valence-corrected chi connectivity index (χ3v) is 3.11. The maximum atomic E-state index is 11.1. The summed E-state index contributed by atoms with van der Waals surface area (Å²) >= 11 is 0. The maximum absolute atomic E-state index is 11.1. The van der Waals surface area contributed by atoms with Crippen molar-refractivity contribution in [3.63, 3.8) is 0 Å². The van der Waals surface area contributed by atoms with Gasteiger partial charge in [0.2, 0.25) is 0 Å². The molecule has 0 amide bonds. The molecule has 0 saturated carbocycles. The molecule has 1 N–H and O–H groups in total. The Balaban J connectivity index is 3.20. The Hall–Kier alpha value is -2.18. The minimum atomic E-state index is -0.598. The van der Waals surface area contributed by atoms with Crippen molar-refractivity contribution in [1.29, 1.82) is 0 Å². The van der Waals surface area contributed by atoms with Crippen molar-refractivity contribution in [2.24, 2.45) is 5.41 Å². The quantitative estimate of drug-likeness (QED) is 0.628. The van der Waals surface area contributed by atoms with Crippen molar-refractivity contribution in [2.75, 3.05) is 5.32 Å². The normalized spacial score (nSPS) is 12.8. The Bertz CT molecular complexity index is 505. The lowest BCUT2D eigenvalue weighted by atomic mass is 9.87. The minimum absolute atomic E-state index is 0.0106. The molecule has 1 rings (SSSR count). The Morgan fingerprint density at radius 1 is 1.14 bits per heavy atom. The van der Waals surface area contributed by atoms with Gasteiger partial charge < -0.3 is 5.32 Å². The second-order valence-corrected chi connectivity index (χ2v) is 6.20. The first-order valence-corrected chi connectivity index (χ1v) is 6.84. The van der Waals surface area contributed by atoms with E-state index < -0.39 is 9.85 Å². The van der Waals surface area contributed by atoms with Crippen LogP contribution in [-0.2, 0) is 0 Å². The predicted molar refractivity (Wildman–Crippen MR) is 81.5 cm³/mol. The van der Waals surface area contributed by atoms with Crippen LogP contribution in [0.1, 0.15) is 40.5 Å². The fourth-order valence-corrected chi connectivity index (χ4v) is 2.22. The predicted octanol–water partition coefficient (Wildman–Crippen LogP) is 4.13. The van der Waals surface area contributed by atoms with Crippen LogP contribution in [0.15, 0.2) is 18.2 Å². The zero-order valence-corrected chi connectivity index (χ0v) is 12.8. The molecule has 0 heterocycles. The number of hydrogen-bond acceptors (Lipinski definition) is 5. The summed E-state index contributed by atoms with van der Waals surface area (Å²) in [4.78, 5) is 21.0. The van der Waals surface area contributed by atoms with E-state index in [9.17, 15) is 20.2 Å². The van der Waals surface area contributed by atoms with E-state index in [2.05, 4.69) is 26.1 Å². The Morgan fingerprint density at radius 3 is 1.95 bits per heavy atom. The van der Waals surface area contributed by atoms with Gasteiger partial charge in [-0.1, -0.05) is 27.7 Å². The zero-order valence-electron chi connectivity index (χ0n) is 12.8. The lowest BCUT2D eigenvalue weighted by Gasteiger charge is -2.26. The third-order valence-electron chi connectivity index (χ3n) is 3.11. The summed E-state index contributed by atoms with van der Waals surface area (Å²) < 4.78 is 0. The number of para-hydroxylation sites is 1. The summed E-state index contributed by atoms with van der Waals surface area (Å²) in [5, 5.41) is 25.2. The second kappa shape index (κ2) is 6.51. The van der Waals surface area contributed by atoms with E-state index in [0.717, 1.165) is 12.8 Å². The molecule has 0 aliphatic carbocycles. The van der Waals surface area contributed by atoms with Crippen molar-refractivity contribution in [1.82, 2.24) is 0 Å².